The molecule has 0 unspecified atom stereocenters. The number of aromatic nitrogens is 1. The van der Waals surface area contributed by atoms with Gasteiger partial charge in [-0.1, -0.05) is 11.8 Å². The summed E-state index contributed by atoms with van der Waals surface area (Å²) in [5, 5.41) is 2.71. The second-order valence-corrected chi connectivity index (χ2v) is 2.79. The van der Waals surface area contributed by atoms with E-state index in [0.29, 0.717) is 17.7 Å². The number of carbonyl (C=O) groups excluding carboxylic acids is 1. The Balaban J connectivity index is 3.00. The molecule has 1 rings (SSSR count). The van der Waals surface area contributed by atoms with Crippen molar-refractivity contribution in [2.45, 2.75) is 6.92 Å². The van der Waals surface area contributed by atoms with Crippen molar-refractivity contribution in [1.29, 1.82) is 0 Å². The Hall–Kier alpha value is -1.86. The van der Waals surface area contributed by atoms with E-state index in [1.54, 1.807) is 18.5 Å². The van der Waals surface area contributed by atoms with Crippen LogP contribution in [0.15, 0.2) is 18.5 Å². The van der Waals surface area contributed by atoms with Crippen LogP contribution in [0.5, 0.6) is 0 Å². The van der Waals surface area contributed by atoms with Gasteiger partial charge in [0, 0.05) is 18.9 Å². The van der Waals surface area contributed by atoms with Crippen molar-refractivity contribution in [3.05, 3.63) is 29.6 Å². The molecule has 0 saturated heterocycles. The Kier molecular flexibility index (Phi) is 4.32. The van der Waals surface area contributed by atoms with Gasteiger partial charge in [0.2, 0.25) is 0 Å². The Bertz CT molecular complexity index is 404. The normalized spacial score (nSPS) is 8.93. The van der Waals surface area contributed by atoms with Gasteiger partial charge in [0.25, 0.3) is 5.91 Å². The van der Waals surface area contributed by atoms with Crippen LogP contribution in [0.3, 0.4) is 0 Å². The van der Waals surface area contributed by atoms with E-state index in [9.17, 15) is 4.79 Å². The van der Waals surface area contributed by atoms with E-state index in [0.717, 1.165) is 0 Å². The lowest BCUT2D eigenvalue weighted by atomic mass is 10.1. The van der Waals surface area contributed by atoms with Crippen LogP contribution in [0.1, 0.15) is 22.8 Å². The molecule has 0 bridgehead atoms. The smallest absolute Gasteiger partial charge is 0.252 e. The molecule has 1 aromatic heterocycles. The molecule has 0 fully saturated rings. The molecule has 0 atom stereocenters. The molecule has 1 amide bonds. The van der Waals surface area contributed by atoms with Crippen LogP contribution in [-0.4, -0.2) is 24.0 Å². The van der Waals surface area contributed by atoms with Crippen LogP contribution >= 0.6 is 0 Å². The lowest BCUT2D eigenvalue weighted by Gasteiger charge is -2.03. The minimum atomic E-state index is -0.138. The molecule has 0 aromatic carbocycles. The minimum absolute atomic E-state index is 0.138. The third-order valence-corrected chi connectivity index (χ3v) is 1.73. The highest BCUT2D eigenvalue weighted by Crippen LogP contribution is 2.04. The maximum atomic E-state index is 11.6. The molecule has 4 heteroatoms. The van der Waals surface area contributed by atoms with Gasteiger partial charge in [0.1, 0.15) is 0 Å². The summed E-state index contributed by atoms with van der Waals surface area (Å²) in [6.07, 6.45) is 3.13. The maximum Gasteiger partial charge on any atom is 0.252 e. The van der Waals surface area contributed by atoms with Crippen molar-refractivity contribution in [3.8, 4) is 11.8 Å². The first-order valence-corrected chi connectivity index (χ1v) is 4.70. The van der Waals surface area contributed by atoms with E-state index in [-0.39, 0.29) is 12.5 Å². The fourth-order valence-electron chi connectivity index (χ4n) is 1.09. The van der Waals surface area contributed by atoms with Crippen LogP contribution in [0.2, 0.25) is 0 Å². The molecule has 0 aliphatic rings. The van der Waals surface area contributed by atoms with Crippen LogP contribution in [0.25, 0.3) is 0 Å². The van der Waals surface area contributed by atoms with E-state index in [1.807, 2.05) is 6.92 Å². The Morgan fingerprint density at radius 2 is 2.47 bits per heavy atom. The number of hydrogen-bond donors (Lipinski definition) is 2. The number of nitrogens with one attached hydrogen (secondary N) is 1. The maximum absolute atomic E-state index is 11.6. The van der Waals surface area contributed by atoms with Crippen molar-refractivity contribution in [3.63, 3.8) is 0 Å². The zero-order valence-corrected chi connectivity index (χ0v) is 8.58. The van der Waals surface area contributed by atoms with Gasteiger partial charge in [-0.05, 0) is 13.0 Å². The number of hydrogen-bond acceptors (Lipinski definition) is 3. The molecule has 0 aliphatic carbocycles. The van der Waals surface area contributed by atoms with E-state index in [1.165, 1.54) is 0 Å². The van der Waals surface area contributed by atoms with Crippen LogP contribution in [0, 0.1) is 11.8 Å². The molecule has 0 radical (unpaired) electrons. The summed E-state index contributed by atoms with van der Waals surface area (Å²) >= 11 is 0. The summed E-state index contributed by atoms with van der Waals surface area (Å²) < 4.78 is 0. The van der Waals surface area contributed by atoms with E-state index < -0.39 is 0 Å². The Labute approximate surface area is 88.9 Å². The summed E-state index contributed by atoms with van der Waals surface area (Å²) in [7, 11) is 0. The Morgan fingerprint density at radius 3 is 3.13 bits per heavy atom. The molecule has 3 N–H and O–H groups in total. The fraction of sp³-hybridized carbons (Fsp3) is 0.273. The van der Waals surface area contributed by atoms with Crippen molar-refractivity contribution < 1.29 is 4.79 Å². The number of nitrogens with two attached hydrogens (primary N) is 1. The van der Waals surface area contributed by atoms with Gasteiger partial charge in [-0.25, -0.2) is 0 Å². The number of carbonyl (C=O) groups is 1. The quantitative estimate of drug-likeness (QED) is 0.672. The van der Waals surface area contributed by atoms with Crippen molar-refractivity contribution in [2.75, 3.05) is 13.1 Å². The van der Waals surface area contributed by atoms with Gasteiger partial charge in [-0.15, -0.1) is 0 Å². The third-order valence-electron chi connectivity index (χ3n) is 1.73. The largest absolute Gasteiger partial charge is 0.352 e. The number of nitrogens with zero attached hydrogens (tertiary/aromatic N) is 1. The topological polar surface area (TPSA) is 68.0 Å². The SMILES string of the molecule is CCNC(=O)c1ccncc1C#CCN. The molecular formula is C11H13N3O. The zero-order valence-electron chi connectivity index (χ0n) is 8.58. The van der Waals surface area contributed by atoms with E-state index >= 15 is 0 Å². The van der Waals surface area contributed by atoms with Gasteiger partial charge in [0.15, 0.2) is 0 Å². The van der Waals surface area contributed by atoms with Crippen LogP contribution in [0.4, 0.5) is 0 Å². The average Bonchev–Trinajstić information content (AvgIpc) is 2.27. The molecule has 78 valence electrons. The molecule has 0 spiro atoms. The van der Waals surface area contributed by atoms with Crippen LogP contribution in [-0.2, 0) is 0 Å². The molecule has 4 nitrogen and oxygen atoms in total. The first-order chi connectivity index (χ1) is 7.29. The number of rotatable bonds is 2. The van der Waals surface area contributed by atoms with Crippen molar-refractivity contribution >= 4 is 5.91 Å². The molecular weight excluding hydrogens is 190 g/mol. The first-order valence-electron chi connectivity index (χ1n) is 4.70. The lowest BCUT2D eigenvalue weighted by Crippen LogP contribution is -2.23. The fourth-order valence-corrected chi connectivity index (χ4v) is 1.09. The van der Waals surface area contributed by atoms with Gasteiger partial charge in [-0.3, -0.25) is 9.78 Å². The summed E-state index contributed by atoms with van der Waals surface area (Å²) in [5.74, 6) is 5.38. The van der Waals surface area contributed by atoms with E-state index in [2.05, 4.69) is 22.1 Å². The van der Waals surface area contributed by atoms with Crippen molar-refractivity contribution in [2.24, 2.45) is 5.73 Å². The second kappa shape index (κ2) is 5.78. The predicted octanol–water partition coefficient (Wildman–Crippen LogP) is 0.142. The first kappa shape index (κ1) is 11.2. The molecule has 0 aliphatic heterocycles. The monoisotopic (exact) mass is 203 g/mol. The minimum Gasteiger partial charge on any atom is -0.352 e. The Morgan fingerprint density at radius 1 is 1.67 bits per heavy atom. The summed E-state index contributed by atoms with van der Waals surface area (Å²) in [6.45, 7) is 2.72. The van der Waals surface area contributed by atoms with Gasteiger partial charge in [-0.2, -0.15) is 0 Å². The lowest BCUT2D eigenvalue weighted by molar-refractivity contribution is 0.0955. The van der Waals surface area contributed by atoms with Crippen LogP contribution < -0.4 is 11.1 Å². The van der Waals surface area contributed by atoms with E-state index in [4.69, 9.17) is 5.73 Å². The molecule has 1 heterocycles. The standard InChI is InChI=1S/C11H13N3O/c1-2-14-11(15)10-5-7-13-8-9(10)4-3-6-12/h5,7-8H,2,6,12H2,1H3,(H,14,15). The number of pyridine rings is 1. The second-order valence-electron chi connectivity index (χ2n) is 2.79. The van der Waals surface area contributed by atoms with Gasteiger partial charge >= 0.3 is 0 Å². The third kappa shape index (κ3) is 3.08. The summed E-state index contributed by atoms with van der Waals surface area (Å²) in [6, 6.07) is 1.64. The molecule has 15 heavy (non-hydrogen) atoms. The van der Waals surface area contributed by atoms with Crippen molar-refractivity contribution in [1.82, 2.24) is 10.3 Å². The summed E-state index contributed by atoms with van der Waals surface area (Å²) in [5.41, 5.74) is 6.41. The highest BCUT2D eigenvalue weighted by molar-refractivity contribution is 5.96. The highest BCUT2D eigenvalue weighted by atomic mass is 16.1. The number of amides is 1. The molecule has 1 aromatic rings. The van der Waals surface area contributed by atoms with Gasteiger partial charge < -0.3 is 11.1 Å². The predicted molar refractivity (Wildman–Crippen MR) is 58.2 cm³/mol. The molecule has 0 saturated carbocycles. The highest BCUT2D eigenvalue weighted by Gasteiger charge is 2.07. The van der Waals surface area contributed by atoms with Gasteiger partial charge in [0.05, 0.1) is 17.7 Å². The average molecular weight is 203 g/mol. The summed E-state index contributed by atoms with van der Waals surface area (Å²) in [4.78, 5) is 15.5. The zero-order chi connectivity index (χ0) is 11.1.